The van der Waals surface area contributed by atoms with Gasteiger partial charge in [0.2, 0.25) is 5.96 Å². The Hall–Kier alpha value is -4.42. The van der Waals surface area contributed by atoms with E-state index in [1.54, 1.807) is 19.2 Å². The van der Waals surface area contributed by atoms with E-state index >= 15 is 0 Å². The SMILES string of the molecule is CCOc1cc(C2N=C(NC#N)Nc3nc(N)c(C#N)c(N)c32)c(Cl)cc1OCC(N)=O. The van der Waals surface area contributed by atoms with Crippen molar-refractivity contribution in [2.75, 3.05) is 30.0 Å². The number of aliphatic imine (C=N–C) groups is 1. The number of fused-ring (bicyclic) bond motifs is 1. The van der Waals surface area contributed by atoms with Crippen LogP contribution in [0.1, 0.15) is 29.7 Å². The molecule has 1 amide bonds. The average Bonchev–Trinajstić information content (AvgIpc) is 2.73. The van der Waals surface area contributed by atoms with E-state index in [9.17, 15) is 10.1 Å². The number of pyridine rings is 1. The first-order valence-corrected chi connectivity index (χ1v) is 9.54. The molecular formula is C19H18ClN9O3. The van der Waals surface area contributed by atoms with Gasteiger partial charge >= 0.3 is 0 Å². The molecule has 1 atom stereocenters. The Bertz CT molecular complexity index is 1200. The molecule has 1 aromatic carbocycles. The molecule has 0 fully saturated rings. The topological polar surface area (TPSA) is 210 Å². The number of nitrogens with two attached hydrogens (primary N) is 3. The summed E-state index contributed by atoms with van der Waals surface area (Å²) in [6, 6.07) is 4.07. The van der Waals surface area contributed by atoms with Gasteiger partial charge in [0, 0.05) is 17.2 Å². The van der Waals surface area contributed by atoms with Crippen LogP contribution in [0.3, 0.4) is 0 Å². The fraction of sp³-hybridized carbons (Fsp3) is 0.211. The number of rotatable bonds is 6. The fourth-order valence-corrected chi connectivity index (χ4v) is 3.35. The van der Waals surface area contributed by atoms with Gasteiger partial charge in [-0.05, 0) is 13.0 Å². The second-order valence-corrected chi connectivity index (χ2v) is 6.82. The Morgan fingerprint density at radius 2 is 2.03 bits per heavy atom. The fourth-order valence-electron chi connectivity index (χ4n) is 3.10. The minimum absolute atomic E-state index is 0.00925. The van der Waals surface area contributed by atoms with E-state index in [2.05, 4.69) is 20.6 Å². The second-order valence-electron chi connectivity index (χ2n) is 6.41. The van der Waals surface area contributed by atoms with Crippen molar-refractivity contribution in [3.05, 3.63) is 33.8 Å². The molecule has 0 saturated heterocycles. The summed E-state index contributed by atoms with van der Waals surface area (Å²) in [5.74, 6) is 0.0142. The van der Waals surface area contributed by atoms with Gasteiger partial charge in [0.15, 0.2) is 24.3 Å². The monoisotopic (exact) mass is 455 g/mol. The first-order chi connectivity index (χ1) is 15.3. The summed E-state index contributed by atoms with van der Waals surface area (Å²) in [5.41, 5.74) is 18.1. The zero-order valence-electron chi connectivity index (χ0n) is 16.8. The molecule has 2 heterocycles. The van der Waals surface area contributed by atoms with Gasteiger partial charge in [-0.25, -0.2) is 9.98 Å². The van der Waals surface area contributed by atoms with Crippen LogP contribution in [0, 0.1) is 22.8 Å². The summed E-state index contributed by atoms with van der Waals surface area (Å²) >= 11 is 6.52. The maximum Gasteiger partial charge on any atom is 0.255 e. The van der Waals surface area contributed by atoms with Crippen molar-refractivity contribution in [3.63, 3.8) is 0 Å². The Labute approximate surface area is 187 Å². The number of aromatic nitrogens is 1. The van der Waals surface area contributed by atoms with Gasteiger partial charge in [0.05, 0.1) is 17.3 Å². The quantitative estimate of drug-likeness (QED) is 0.307. The van der Waals surface area contributed by atoms with Gasteiger partial charge in [0.1, 0.15) is 29.3 Å². The number of hydrogen-bond acceptors (Lipinski definition) is 11. The molecule has 8 N–H and O–H groups in total. The number of nitriles is 2. The maximum absolute atomic E-state index is 11.1. The molecule has 3 rings (SSSR count). The standard InChI is InChI=1S/C19H18ClN9O3/c1-2-31-11-3-8(10(20)4-12(11)32-6-13(23)30)16-14-15(24)9(5-21)17(25)28-18(14)29-19(27-16)26-7-22/h3-4,16H,2,6H2,1H3,(H2,23,30)(H6,24,25,26,27,28,29). The molecule has 1 unspecified atom stereocenters. The lowest BCUT2D eigenvalue weighted by atomic mass is 9.94. The van der Waals surface area contributed by atoms with Gasteiger partial charge < -0.3 is 32.0 Å². The first kappa shape index (κ1) is 22.3. The van der Waals surface area contributed by atoms with Crippen molar-refractivity contribution in [1.82, 2.24) is 10.3 Å². The highest BCUT2D eigenvalue weighted by atomic mass is 35.5. The van der Waals surface area contributed by atoms with Gasteiger partial charge in [-0.15, -0.1) is 0 Å². The second kappa shape index (κ2) is 9.16. The lowest BCUT2D eigenvalue weighted by molar-refractivity contribution is -0.119. The summed E-state index contributed by atoms with van der Waals surface area (Å²) in [4.78, 5) is 19.8. The zero-order chi connectivity index (χ0) is 23.4. The normalized spacial score (nSPS) is 14.1. The molecule has 32 heavy (non-hydrogen) atoms. The highest BCUT2D eigenvalue weighted by Crippen LogP contribution is 2.45. The van der Waals surface area contributed by atoms with Crippen LogP contribution in [0.2, 0.25) is 5.02 Å². The summed E-state index contributed by atoms with van der Waals surface area (Å²) < 4.78 is 11.0. The molecule has 0 bridgehead atoms. The van der Waals surface area contributed by atoms with E-state index < -0.39 is 11.9 Å². The molecule has 0 aliphatic carbocycles. The molecule has 0 spiro atoms. The minimum Gasteiger partial charge on any atom is -0.490 e. The highest BCUT2D eigenvalue weighted by molar-refractivity contribution is 6.31. The molecular weight excluding hydrogens is 438 g/mol. The first-order valence-electron chi connectivity index (χ1n) is 9.16. The molecule has 2 aromatic rings. The Morgan fingerprint density at radius 1 is 1.31 bits per heavy atom. The Morgan fingerprint density at radius 3 is 2.66 bits per heavy atom. The number of amides is 1. The predicted octanol–water partition coefficient (Wildman–Crippen LogP) is 0.975. The van der Waals surface area contributed by atoms with Crippen molar-refractivity contribution < 1.29 is 14.3 Å². The minimum atomic E-state index is -0.876. The molecule has 0 saturated carbocycles. The number of benzene rings is 1. The zero-order valence-corrected chi connectivity index (χ0v) is 17.5. The largest absolute Gasteiger partial charge is 0.490 e. The van der Waals surface area contributed by atoms with Crippen molar-refractivity contribution >= 4 is 40.8 Å². The van der Waals surface area contributed by atoms with E-state index in [4.69, 9.17) is 43.5 Å². The Kier molecular flexibility index (Phi) is 6.37. The van der Waals surface area contributed by atoms with E-state index in [-0.39, 0.29) is 52.0 Å². The number of nitrogens with zero attached hydrogens (tertiary/aromatic N) is 4. The summed E-state index contributed by atoms with van der Waals surface area (Å²) in [6.45, 7) is 1.69. The van der Waals surface area contributed by atoms with E-state index in [1.807, 2.05) is 6.07 Å². The van der Waals surface area contributed by atoms with E-state index in [0.717, 1.165) is 0 Å². The third-order valence-electron chi connectivity index (χ3n) is 4.38. The van der Waals surface area contributed by atoms with Crippen LogP contribution in [0.15, 0.2) is 17.1 Å². The van der Waals surface area contributed by atoms with Crippen molar-refractivity contribution in [3.8, 4) is 23.8 Å². The van der Waals surface area contributed by atoms with E-state index in [1.165, 1.54) is 6.07 Å². The van der Waals surface area contributed by atoms with Crippen molar-refractivity contribution in [2.24, 2.45) is 10.7 Å². The van der Waals surface area contributed by atoms with Gasteiger partial charge in [-0.3, -0.25) is 10.1 Å². The van der Waals surface area contributed by atoms with E-state index in [0.29, 0.717) is 17.7 Å². The van der Waals surface area contributed by atoms with Crippen LogP contribution in [0.4, 0.5) is 17.3 Å². The summed E-state index contributed by atoms with van der Waals surface area (Å²) in [5, 5.41) is 23.9. The third-order valence-corrected chi connectivity index (χ3v) is 4.71. The third kappa shape index (κ3) is 4.21. The van der Waals surface area contributed by atoms with Crippen LogP contribution in [-0.2, 0) is 4.79 Å². The Balaban J connectivity index is 2.22. The molecule has 0 radical (unpaired) electrons. The van der Waals surface area contributed by atoms with Crippen LogP contribution >= 0.6 is 11.6 Å². The molecule has 13 heteroatoms. The van der Waals surface area contributed by atoms with Crippen molar-refractivity contribution in [2.45, 2.75) is 13.0 Å². The van der Waals surface area contributed by atoms with Crippen LogP contribution < -0.4 is 37.3 Å². The number of nitrogen functional groups attached to an aromatic ring is 2. The number of primary amides is 1. The van der Waals surface area contributed by atoms with Crippen LogP contribution in [-0.4, -0.2) is 30.1 Å². The smallest absolute Gasteiger partial charge is 0.255 e. The number of carbonyl (C=O) groups is 1. The number of guanidine groups is 1. The van der Waals surface area contributed by atoms with Gasteiger partial charge in [-0.2, -0.15) is 10.5 Å². The summed E-state index contributed by atoms with van der Waals surface area (Å²) in [6.07, 6.45) is 1.77. The molecule has 1 aliphatic heterocycles. The number of nitrogens with one attached hydrogen (secondary N) is 2. The van der Waals surface area contributed by atoms with Gasteiger partial charge in [-0.1, -0.05) is 11.6 Å². The van der Waals surface area contributed by atoms with Crippen LogP contribution in [0.5, 0.6) is 11.5 Å². The number of ether oxygens (including phenoxy) is 2. The number of hydrogen-bond donors (Lipinski definition) is 5. The van der Waals surface area contributed by atoms with Crippen molar-refractivity contribution in [1.29, 1.82) is 10.5 Å². The highest BCUT2D eigenvalue weighted by Gasteiger charge is 2.31. The number of halogens is 1. The number of carbonyl (C=O) groups excluding carboxylic acids is 1. The van der Waals surface area contributed by atoms with Crippen LogP contribution in [0.25, 0.3) is 0 Å². The summed E-state index contributed by atoms with van der Waals surface area (Å²) in [7, 11) is 0. The molecule has 1 aromatic heterocycles. The number of anilines is 3. The predicted molar refractivity (Wildman–Crippen MR) is 117 cm³/mol. The molecule has 164 valence electrons. The maximum atomic E-state index is 11.1. The lowest BCUT2D eigenvalue weighted by Gasteiger charge is -2.27. The van der Waals surface area contributed by atoms with Gasteiger partial charge in [0.25, 0.3) is 5.91 Å². The average molecular weight is 456 g/mol. The molecule has 1 aliphatic rings. The lowest BCUT2D eigenvalue weighted by Crippen LogP contribution is -2.32. The molecule has 12 nitrogen and oxygen atoms in total.